The molecule has 1 rings (SSSR count). The van der Waals surface area contributed by atoms with Crippen LogP contribution in [0.3, 0.4) is 0 Å². The first-order chi connectivity index (χ1) is 6.06. The fourth-order valence-corrected chi connectivity index (χ4v) is 1.34. The molecule has 0 amide bonds. The average Bonchev–Trinajstić information content (AvgIpc) is 2.46. The Balaban J connectivity index is 3.11. The molecule has 0 saturated heterocycles. The molecular weight excluding hydrogens is 166 g/mol. The summed E-state index contributed by atoms with van der Waals surface area (Å²) in [5.74, 6) is 0.0830. The monoisotopic (exact) mass is 181 g/mol. The van der Waals surface area contributed by atoms with Gasteiger partial charge in [0.1, 0.15) is 0 Å². The number of hydrogen-bond acceptors (Lipinski definition) is 2. The van der Waals surface area contributed by atoms with Crippen LogP contribution in [-0.4, -0.2) is 17.6 Å². The van der Waals surface area contributed by atoms with Gasteiger partial charge < -0.3 is 9.30 Å². The van der Waals surface area contributed by atoms with Crippen LogP contribution in [-0.2, 0) is 11.8 Å². The first-order valence-electron chi connectivity index (χ1n) is 4.30. The summed E-state index contributed by atoms with van der Waals surface area (Å²) in [6.07, 6.45) is 3.75. The maximum atomic E-state index is 11.3. The Morgan fingerprint density at radius 1 is 1.46 bits per heavy atom. The molecule has 0 fully saturated rings. The Morgan fingerprint density at radius 2 is 2.08 bits per heavy atom. The predicted molar refractivity (Wildman–Crippen MR) is 50.8 cm³/mol. The lowest BCUT2D eigenvalue weighted by atomic mass is 10.0. The van der Waals surface area contributed by atoms with Gasteiger partial charge in [-0.2, -0.15) is 0 Å². The summed E-state index contributed by atoms with van der Waals surface area (Å²) < 4.78 is 6.56. The second-order valence-corrected chi connectivity index (χ2v) is 3.44. The Labute approximate surface area is 78.3 Å². The Kier molecular flexibility index (Phi) is 2.76. The fourth-order valence-electron chi connectivity index (χ4n) is 1.34. The molecule has 0 unspecified atom stereocenters. The van der Waals surface area contributed by atoms with Crippen LogP contribution in [0.2, 0.25) is 0 Å². The zero-order chi connectivity index (χ0) is 10.0. The molecule has 1 aromatic heterocycles. The van der Waals surface area contributed by atoms with E-state index in [4.69, 9.17) is 0 Å². The van der Waals surface area contributed by atoms with Crippen molar-refractivity contribution >= 4 is 5.97 Å². The molecule has 72 valence electrons. The molecule has 0 radical (unpaired) electrons. The van der Waals surface area contributed by atoms with Crippen molar-refractivity contribution < 1.29 is 9.53 Å². The Bertz CT molecular complexity index is 313. The number of methoxy groups -OCH3 is 1. The number of esters is 1. The molecule has 0 aromatic carbocycles. The van der Waals surface area contributed by atoms with Gasteiger partial charge in [-0.1, -0.05) is 13.8 Å². The highest BCUT2D eigenvalue weighted by atomic mass is 16.5. The molecule has 0 spiro atoms. The normalized spacial score (nSPS) is 10.5. The van der Waals surface area contributed by atoms with Gasteiger partial charge in [-0.05, 0) is 11.5 Å². The largest absolute Gasteiger partial charge is 0.465 e. The van der Waals surface area contributed by atoms with Crippen molar-refractivity contribution in [2.45, 2.75) is 19.8 Å². The molecule has 0 saturated carbocycles. The molecule has 3 heteroatoms. The number of aryl methyl sites for hydroxylation is 1. The second-order valence-electron chi connectivity index (χ2n) is 3.44. The smallest absolute Gasteiger partial charge is 0.339 e. The minimum absolute atomic E-state index is 0.260. The first kappa shape index (κ1) is 9.84. The predicted octanol–water partition coefficient (Wildman–Crippen LogP) is 1.94. The number of hydrogen-bond donors (Lipinski definition) is 0. The van der Waals surface area contributed by atoms with Crippen molar-refractivity contribution in [3.8, 4) is 0 Å². The lowest BCUT2D eigenvalue weighted by Gasteiger charge is -2.04. The van der Waals surface area contributed by atoms with E-state index in [1.807, 2.05) is 17.8 Å². The summed E-state index contributed by atoms with van der Waals surface area (Å²) in [5.41, 5.74) is 1.70. The van der Waals surface area contributed by atoms with Crippen LogP contribution in [0.4, 0.5) is 0 Å². The number of nitrogens with zero attached hydrogens (tertiary/aromatic N) is 1. The number of aromatic nitrogens is 1. The van der Waals surface area contributed by atoms with Crippen molar-refractivity contribution in [1.82, 2.24) is 4.57 Å². The fraction of sp³-hybridized carbons (Fsp3) is 0.500. The van der Waals surface area contributed by atoms with Gasteiger partial charge in [0.2, 0.25) is 0 Å². The topological polar surface area (TPSA) is 31.2 Å². The van der Waals surface area contributed by atoms with Crippen molar-refractivity contribution in [2.24, 2.45) is 7.05 Å². The number of ether oxygens (including phenoxy) is 1. The van der Waals surface area contributed by atoms with Crippen molar-refractivity contribution in [2.75, 3.05) is 7.11 Å². The van der Waals surface area contributed by atoms with Crippen LogP contribution in [0.25, 0.3) is 0 Å². The molecule has 1 heterocycles. The molecule has 1 aromatic rings. The SMILES string of the molecule is COC(=O)c1cn(C)cc1C(C)C. The molecule has 0 N–H and O–H groups in total. The maximum absolute atomic E-state index is 11.3. The lowest BCUT2D eigenvalue weighted by Crippen LogP contribution is -2.03. The van der Waals surface area contributed by atoms with Crippen molar-refractivity contribution in [3.63, 3.8) is 0 Å². The van der Waals surface area contributed by atoms with Crippen LogP contribution in [0.15, 0.2) is 12.4 Å². The molecule has 0 bridgehead atoms. The summed E-state index contributed by atoms with van der Waals surface area (Å²) in [5, 5.41) is 0. The van der Waals surface area contributed by atoms with Crippen molar-refractivity contribution in [1.29, 1.82) is 0 Å². The lowest BCUT2D eigenvalue weighted by molar-refractivity contribution is 0.0599. The van der Waals surface area contributed by atoms with Gasteiger partial charge in [0.05, 0.1) is 12.7 Å². The summed E-state index contributed by atoms with van der Waals surface area (Å²) in [7, 11) is 3.30. The number of carbonyl (C=O) groups is 1. The van der Waals surface area contributed by atoms with Gasteiger partial charge in [-0.3, -0.25) is 0 Å². The van der Waals surface area contributed by atoms with Crippen molar-refractivity contribution in [3.05, 3.63) is 23.5 Å². The van der Waals surface area contributed by atoms with Gasteiger partial charge in [0.15, 0.2) is 0 Å². The molecular formula is C10H15NO2. The number of rotatable bonds is 2. The summed E-state index contributed by atoms with van der Waals surface area (Å²) in [6.45, 7) is 4.11. The van der Waals surface area contributed by atoms with Gasteiger partial charge in [-0.15, -0.1) is 0 Å². The van der Waals surface area contributed by atoms with E-state index in [2.05, 4.69) is 18.6 Å². The summed E-state index contributed by atoms with van der Waals surface area (Å²) in [4.78, 5) is 11.3. The highest BCUT2D eigenvalue weighted by molar-refractivity contribution is 5.91. The van der Waals surface area contributed by atoms with Crippen LogP contribution < -0.4 is 0 Å². The van der Waals surface area contributed by atoms with E-state index in [1.54, 1.807) is 6.20 Å². The van der Waals surface area contributed by atoms with Crippen LogP contribution in [0.5, 0.6) is 0 Å². The minimum Gasteiger partial charge on any atom is -0.465 e. The van der Waals surface area contributed by atoms with E-state index in [0.717, 1.165) is 5.56 Å². The van der Waals surface area contributed by atoms with E-state index < -0.39 is 0 Å². The third kappa shape index (κ3) is 1.91. The Morgan fingerprint density at radius 3 is 2.54 bits per heavy atom. The highest BCUT2D eigenvalue weighted by Gasteiger charge is 2.15. The van der Waals surface area contributed by atoms with Gasteiger partial charge in [0, 0.05) is 19.4 Å². The quantitative estimate of drug-likeness (QED) is 0.653. The van der Waals surface area contributed by atoms with Gasteiger partial charge in [0.25, 0.3) is 0 Å². The highest BCUT2D eigenvalue weighted by Crippen LogP contribution is 2.20. The Hall–Kier alpha value is -1.25. The zero-order valence-corrected chi connectivity index (χ0v) is 8.50. The molecule has 0 aliphatic carbocycles. The van der Waals surface area contributed by atoms with E-state index in [9.17, 15) is 4.79 Å². The minimum atomic E-state index is -0.260. The van der Waals surface area contributed by atoms with E-state index in [0.29, 0.717) is 11.5 Å². The average molecular weight is 181 g/mol. The number of carbonyl (C=O) groups excluding carboxylic acids is 1. The third-order valence-corrected chi connectivity index (χ3v) is 2.01. The molecule has 13 heavy (non-hydrogen) atoms. The van der Waals surface area contributed by atoms with Crippen LogP contribution in [0.1, 0.15) is 35.7 Å². The van der Waals surface area contributed by atoms with E-state index in [-0.39, 0.29) is 5.97 Å². The molecule has 0 atom stereocenters. The zero-order valence-electron chi connectivity index (χ0n) is 8.50. The van der Waals surface area contributed by atoms with Gasteiger partial charge >= 0.3 is 5.97 Å². The first-order valence-corrected chi connectivity index (χ1v) is 4.30. The van der Waals surface area contributed by atoms with Gasteiger partial charge in [-0.25, -0.2) is 4.79 Å². The molecule has 3 nitrogen and oxygen atoms in total. The van der Waals surface area contributed by atoms with Crippen LogP contribution >= 0.6 is 0 Å². The maximum Gasteiger partial charge on any atom is 0.339 e. The second kappa shape index (κ2) is 3.64. The van der Waals surface area contributed by atoms with E-state index >= 15 is 0 Å². The third-order valence-electron chi connectivity index (χ3n) is 2.01. The standard InChI is InChI=1S/C10H15NO2/c1-7(2)8-5-11(3)6-9(8)10(12)13-4/h5-7H,1-4H3. The summed E-state index contributed by atoms with van der Waals surface area (Å²) in [6, 6.07) is 0. The molecule has 0 aliphatic heterocycles. The van der Waals surface area contributed by atoms with E-state index in [1.165, 1.54) is 7.11 Å². The summed E-state index contributed by atoms with van der Waals surface area (Å²) >= 11 is 0. The molecule has 0 aliphatic rings. The van der Waals surface area contributed by atoms with Crippen LogP contribution in [0, 0.1) is 0 Å².